The summed E-state index contributed by atoms with van der Waals surface area (Å²) in [6.07, 6.45) is 0.233. The highest BCUT2D eigenvalue weighted by atomic mass is 16.5. The second kappa shape index (κ2) is 5.55. The molecular weight excluding hydrogens is 252 g/mol. The zero-order valence-corrected chi connectivity index (χ0v) is 11.5. The number of aliphatic hydroxyl groups is 1. The van der Waals surface area contributed by atoms with Crippen LogP contribution in [-0.2, 0) is 0 Å². The predicted octanol–water partition coefficient (Wildman–Crippen LogP) is 3.24. The molecule has 0 amide bonds. The maximum Gasteiger partial charge on any atom is 0.161 e. The summed E-state index contributed by atoms with van der Waals surface area (Å²) in [5.41, 5.74) is 2.84. The highest BCUT2D eigenvalue weighted by Gasteiger charge is 2.15. The molecule has 0 radical (unpaired) electrons. The van der Waals surface area contributed by atoms with Crippen LogP contribution in [0.2, 0.25) is 0 Å². The smallest absolute Gasteiger partial charge is 0.161 e. The zero-order valence-electron chi connectivity index (χ0n) is 11.5. The van der Waals surface area contributed by atoms with Crippen molar-refractivity contribution in [2.45, 2.75) is 19.4 Å². The Hall–Kier alpha value is -2.00. The Labute approximate surface area is 118 Å². The van der Waals surface area contributed by atoms with Gasteiger partial charge in [-0.15, -0.1) is 0 Å². The molecule has 3 heteroatoms. The van der Waals surface area contributed by atoms with Crippen molar-refractivity contribution in [3.05, 3.63) is 59.2 Å². The molecule has 3 rings (SSSR count). The largest absolute Gasteiger partial charge is 0.490 e. The number of aliphatic hydroxyl groups excluding tert-OH is 1. The zero-order chi connectivity index (χ0) is 13.9. The van der Waals surface area contributed by atoms with Crippen molar-refractivity contribution in [1.29, 1.82) is 0 Å². The molecule has 20 heavy (non-hydrogen) atoms. The van der Waals surface area contributed by atoms with E-state index in [0.717, 1.165) is 28.9 Å². The maximum atomic E-state index is 10.5. The normalized spacial score (nSPS) is 15.5. The molecule has 3 nitrogen and oxygen atoms in total. The first-order valence-electron chi connectivity index (χ1n) is 6.88. The van der Waals surface area contributed by atoms with Crippen molar-refractivity contribution in [2.24, 2.45) is 0 Å². The Morgan fingerprint density at radius 3 is 2.50 bits per heavy atom. The minimum atomic E-state index is -0.646. The molecule has 0 fully saturated rings. The Balaban J connectivity index is 1.92. The van der Waals surface area contributed by atoms with E-state index in [1.807, 2.05) is 49.4 Å². The van der Waals surface area contributed by atoms with Crippen LogP contribution in [0.15, 0.2) is 42.5 Å². The number of fused-ring (bicyclic) bond motifs is 1. The summed E-state index contributed by atoms with van der Waals surface area (Å²) >= 11 is 0. The Morgan fingerprint density at radius 1 is 0.950 bits per heavy atom. The van der Waals surface area contributed by atoms with Crippen LogP contribution in [0.3, 0.4) is 0 Å². The molecule has 2 aromatic rings. The van der Waals surface area contributed by atoms with Gasteiger partial charge in [0, 0.05) is 6.42 Å². The fraction of sp³-hybridized carbons (Fsp3) is 0.294. The van der Waals surface area contributed by atoms with Gasteiger partial charge in [0.1, 0.15) is 6.10 Å². The monoisotopic (exact) mass is 270 g/mol. The molecule has 0 bridgehead atoms. The molecule has 1 N–H and O–H groups in total. The third-order valence-electron chi connectivity index (χ3n) is 3.45. The van der Waals surface area contributed by atoms with E-state index < -0.39 is 6.10 Å². The highest BCUT2D eigenvalue weighted by molar-refractivity contribution is 5.45. The van der Waals surface area contributed by atoms with Gasteiger partial charge in [0.15, 0.2) is 11.5 Å². The summed E-state index contributed by atoms with van der Waals surface area (Å²) in [5, 5.41) is 10.5. The molecule has 1 aliphatic rings. The summed E-state index contributed by atoms with van der Waals surface area (Å²) in [6.45, 7) is 3.34. The summed E-state index contributed by atoms with van der Waals surface area (Å²) in [4.78, 5) is 0. The molecule has 0 saturated carbocycles. The molecule has 1 heterocycles. The third kappa shape index (κ3) is 2.63. The van der Waals surface area contributed by atoms with E-state index >= 15 is 0 Å². The molecule has 1 unspecified atom stereocenters. The molecular formula is C17H18O3. The number of benzene rings is 2. The van der Waals surface area contributed by atoms with E-state index in [4.69, 9.17) is 9.47 Å². The molecule has 0 aromatic heterocycles. The van der Waals surface area contributed by atoms with Crippen LogP contribution in [0.25, 0.3) is 0 Å². The van der Waals surface area contributed by atoms with Crippen molar-refractivity contribution in [1.82, 2.24) is 0 Å². The highest BCUT2D eigenvalue weighted by Crippen LogP contribution is 2.34. The first kappa shape index (κ1) is 13.0. The van der Waals surface area contributed by atoms with Crippen molar-refractivity contribution >= 4 is 0 Å². The van der Waals surface area contributed by atoms with Gasteiger partial charge in [0.05, 0.1) is 13.2 Å². The topological polar surface area (TPSA) is 38.7 Å². The maximum absolute atomic E-state index is 10.5. The first-order chi connectivity index (χ1) is 9.74. The fourth-order valence-corrected chi connectivity index (χ4v) is 2.38. The van der Waals surface area contributed by atoms with Gasteiger partial charge in [0.2, 0.25) is 0 Å². The number of aryl methyl sites for hydroxylation is 1. The Bertz CT molecular complexity index is 607. The van der Waals surface area contributed by atoms with Crippen LogP contribution < -0.4 is 9.47 Å². The first-order valence-corrected chi connectivity index (χ1v) is 6.88. The van der Waals surface area contributed by atoms with E-state index in [2.05, 4.69) is 0 Å². The lowest BCUT2D eigenvalue weighted by atomic mass is 10.00. The standard InChI is InChI=1S/C17H18O3/c1-12-4-2-5-13(10-12)17(18)14-6-7-15-16(11-14)20-9-3-8-19-15/h2,4-7,10-11,17-18H,3,8-9H2,1H3. The summed E-state index contributed by atoms with van der Waals surface area (Å²) < 4.78 is 11.3. The molecule has 104 valence electrons. The Kier molecular flexibility index (Phi) is 3.61. The van der Waals surface area contributed by atoms with Crippen LogP contribution in [0.4, 0.5) is 0 Å². The van der Waals surface area contributed by atoms with E-state index in [-0.39, 0.29) is 0 Å². The van der Waals surface area contributed by atoms with Crippen LogP contribution in [0.1, 0.15) is 29.2 Å². The van der Waals surface area contributed by atoms with Crippen LogP contribution >= 0.6 is 0 Å². The quantitative estimate of drug-likeness (QED) is 0.910. The van der Waals surface area contributed by atoms with Crippen molar-refractivity contribution in [2.75, 3.05) is 13.2 Å². The number of hydrogen-bond donors (Lipinski definition) is 1. The van der Waals surface area contributed by atoms with E-state index in [1.165, 1.54) is 0 Å². The lowest BCUT2D eigenvalue weighted by Gasteiger charge is -2.15. The van der Waals surface area contributed by atoms with Gasteiger partial charge >= 0.3 is 0 Å². The van der Waals surface area contributed by atoms with Crippen LogP contribution in [0, 0.1) is 6.92 Å². The van der Waals surface area contributed by atoms with Crippen LogP contribution in [0.5, 0.6) is 11.5 Å². The van der Waals surface area contributed by atoms with Gasteiger partial charge in [-0.25, -0.2) is 0 Å². The van der Waals surface area contributed by atoms with Gasteiger partial charge in [0.25, 0.3) is 0 Å². The average Bonchev–Trinajstić information content (AvgIpc) is 2.71. The van der Waals surface area contributed by atoms with Gasteiger partial charge in [-0.3, -0.25) is 0 Å². The molecule has 2 aromatic carbocycles. The summed E-state index contributed by atoms with van der Waals surface area (Å²) in [6, 6.07) is 13.5. The number of ether oxygens (including phenoxy) is 2. The van der Waals surface area contributed by atoms with Crippen molar-refractivity contribution in [3.63, 3.8) is 0 Å². The molecule has 1 atom stereocenters. The van der Waals surface area contributed by atoms with Gasteiger partial charge in [-0.2, -0.15) is 0 Å². The SMILES string of the molecule is Cc1cccc(C(O)c2ccc3c(c2)OCCCO3)c1. The van der Waals surface area contributed by atoms with Crippen molar-refractivity contribution in [3.8, 4) is 11.5 Å². The Morgan fingerprint density at radius 2 is 1.70 bits per heavy atom. The molecule has 0 spiro atoms. The fourth-order valence-electron chi connectivity index (χ4n) is 2.38. The molecule has 1 aliphatic heterocycles. The molecule has 0 saturated heterocycles. The van der Waals surface area contributed by atoms with Crippen molar-refractivity contribution < 1.29 is 14.6 Å². The predicted molar refractivity (Wildman–Crippen MR) is 77.3 cm³/mol. The van der Waals surface area contributed by atoms with E-state index in [9.17, 15) is 5.11 Å². The van der Waals surface area contributed by atoms with Gasteiger partial charge < -0.3 is 14.6 Å². The minimum Gasteiger partial charge on any atom is -0.490 e. The van der Waals surface area contributed by atoms with Gasteiger partial charge in [-0.1, -0.05) is 35.9 Å². The van der Waals surface area contributed by atoms with E-state index in [1.54, 1.807) is 0 Å². The van der Waals surface area contributed by atoms with E-state index in [0.29, 0.717) is 19.0 Å². The third-order valence-corrected chi connectivity index (χ3v) is 3.45. The summed E-state index contributed by atoms with van der Waals surface area (Å²) in [5.74, 6) is 1.47. The second-order valence-corrected chi connectivity index (χ2v) is 5.07. The van der Waals surface area contributed by atoms with Crippen LogP contribution in [-0.4, -0.2) is 18.3 Å². The summed E-state index contributed by atoms with van der Waals surface area (Å²) in [7, 11) is 0. The lowest BCUT2D eigenvalue weighted by molar-refractivity contribution is 0.219. The lowest BCUT2D eigenvalue weighted by Crippen LogP contribution is -2.01. The minimum absolute atomic E-state index is 0.646. The van der Waals surface area contributed by atoms with Gasteiger partial charge in [-0.05, 0) is 30.2 Å². The second-order valence-electron chi connectivity index (χ2n) is 5.07. The number of rotatable bonds is 2. The number of hydrogen-bond acceptors (Lipinski definition) is 3. The average molecular weight is 270 g/mol. The molecule has 0 aliphatic carbocycles.